The number of aromatic nitrogens is 2. The summed E-state index contributed by atoms with van der Waals surface area (Å²) in [6.45, 7) is 2.87. The number of alkyl halides is 3. The zero-order valence-corrected chi connectivity index (χ0v) is 22.5. The van der Waals surface area contributed by atoms with E-state index in [4.69, 9.17) is 11.6 Å². The van der Waals surface area contributed by atoms with Crippen molar-refractivity contribution >= 4 is 33.2 Å². The van der Waals surface area contributed by atoms with Crippen LogP contribution in [-0.2, 0) is 27.5 Å². The summed E-state index contributed by atoms with van der Waals surface area (Å²) in [5, 5.41) is 2.09. The lowest BCUT2D eigenvalue weighted by Gasteiger charge is -2.25. The van der Waals surface area contributed by atoms with E-state index in [0.717, 1.165) is 34.8 Å². The van der Waals surface area contributed by atoms with E-state index < -0.39 is 39.2 Å². The van der Waals surface area contributed by atoms with Crippen LogP contribution >= 0.6 is 11.6 Å². The third kappa shape index (κ3) is 6.26. The van der Waals surface area contributed by atoms with Gasteiger partial charge in [-0.05, 0) is 55.8 Å². The predicted molar refractivity (Wildman–Crippen MR) is 142 cm³/mol. The van der Waals surface area contributed by atoms with Crippen molar-refractivity contribution in [2.75, 3.05) is 10.8 Å². The van der Waals surface area contributed by atoms with Crippen LogP contribution in [0.25, 0.3) is 5.69 Å². The fourth-order valence-electron chi connectivity index (χ4n) is 3.95. The fraction of sp³-hybridized carbons (Fsp3) is 0.185. The molecule has 1 heterocycles. The first kappa shape index (κ1) is 28.2. The molecule has 0 saturated heterocycles. The molecule has 0 radical (unpaired) electrons. The van der Waals surface area contributed by atoms with Crippen LogP contribution in [-0.4, -0.2) is 30.4 Å². The molecule has 0 saturated carbocycles. The lowest BCUT2D eigenvalue weighted by Crippen LogP contribution is -2.41. The number of aryl methyl sites for hydroxylation is 2. The largest absolute Gasteiger partial charge is 0.417 e. The molecule has 12 heteroatoms. The van der Waals surface area contributed by atoms with Crippen molar-refractivity contribution < 1.29 is 26.4 Å². The van der Waals surface area contributed by atoms with Crippen LogP contribution in [0, 0.1) is 13.8 Å². The number of hydrogen-bond donors (Lipinski definition) is 1. The molecule has 0 atom stereocenters. The molecule has 1 aromatic heterocycles. The number of anilines is 1. The molecule has 39 heavy (non-hydrogen) atoms. The fourth-order valence-corrected chi connectivity index (χ4v) is 5.58. The van der Waals surface area contributed by atoms with Gasteiger partial charge >= 0.3 is 6.18 Å². The first-order chi connectivity index (χ1) is 18.4. The van der Waals surface area contributed by atoms with E-state index in [9.17, 15) is 26.4 Å². The Kier molecular flexibility index (Phi) is 8.03. The Balaban J connectivity index is 1.66. The van der Waals surface area contributed by atoms with Gasteiger partial charge in [0.2, 0.25) is 5.91 Å². The first-order valence-corrected chi connectivity index (χ1v) is 13.5. The van der Waals surface area contributed by atoms with Crippen molar-refractivity contribution in [1.82, 2.24) is 14.9 Å². The Morgan fingerprint density at radius 2 is 1.74 bits per heavy atom. The summed E-state index contributed by atoms with van der Waals surface area (Å²) in [7, 11) is -4.42. The maximum Gasteiger partial charge on any atom is 0.417 e. The van der Waals surface area contributed by atoms with Crippen LogP contribution in [0.4, 0.5) is 18.9 Å². The molecule has 0 spiro atoms. The summed E-state index contributed by atoms with van der Waals surface area (Å²) in [4.78, 5) is 17.1. The third-order valence-electron chi connectivity index (χ3n) is 5.99. The van der Waals surface area contributed by atoms with Gasteiger partial charge in [0.05, 0.1) is 26.9 Å². The molecule has 0 aliphatic carbocycles. The Morgan fingerprint density at radius 1 is 1.05 bits per heavy atom. The monoisotopic (exact) mass is 576 g/mol. The number of nitrogens with one attached hydrogen (secondary N) is 1. The van der Waals surface area contributed by atoms with Crippen molar-refractivity contribution in [2.45, 2.75) is 31.5 Å². The summed E-state index contributed by atoms with van der Waals surface area (Å²) in [5.41, 5.74) is 0.721. The molecular formula is C27H24ClF3N4O3S. The standard InChI is InChI=1S/C27H24ClF3N4O3S/c1-18-7-10-22(11-8-18)39(37,38)35(21-9-12-24(28)23(15-21)27(29,30)31)17-26(36)33-16-20-5-3-4-6-25(20)34-14-13-32-19(34)2/h3-15H,16-17H2,1-2H3,(H,33,36). The average molecular weight is 577 g/mol. The van der Waals surface area contributed by atoms with E-state index in [1.54, 1.807) is 43.6 Å². The third-order valence-corrected chi connectivity index (χ3v) is 8.11. The number of halogens is 4. The lowest BCUT2D eigenvalue weighted by molar-refractivity contribution is -0.137. The Morgan fingerprint density at radius 3 is 2.38 bits per heavy atom. The number of para-hydroxylation sites is 1. The zero-order valence-electron chi connectivity index (χ0n) is 20.9. The van der Waals surface area contributed by atoms with Crippen molar-refractivity contribution in [3.8, 4) is 5.69 Å². The van der Waals surface area contributed by atoms with Gasteiger partial charge in [0.1, 0.15) is 12.4 Å². The number of amides is 1. The first-order valence-electron chi connectivity index (χ1n) is 11.7. The highest BCUT2D eigenvalue weighted by Crippen LogP contribution is 2.38. The van der Waals surface area contributed by atoms with E-state index in [0.29, 0.717) is 10.4 Å². The molecule has 0 aliphatic heterocycles. The van der Waals surface area contributed by atoms with Crippen LogP contribution in [0.15, 0.2) is 84.0 Å². The number of benzene rings is 3. The minimum Gasteiger partial charge on any atom is -0.350 e. The second-order valence-corrected chi connectivity index (χ2v) is 11.0. The number of carbonyl (C=O) groups is 1. The molecule has 4 aromatic rings. The van der Waals surface area contributed by atoms with Gasteiger partial charge in [-0.3, -0.25) is 9.10 Å². The van der Waals surface area contributed by atoms with Gasteiger partial charge < -0.3 is 9.88 Å². The maximum absolute atomic E-state index is 13.6. The Bertz CT molecular complexity index is 1600. The number of nitrogens with zero attached hydrogens (tertiary/aromatic N) is 3. The molecule has 1 N–H and O–H groups in total. The highest BCUT2D eigenvalue weighted by Gasteiger charge is 2.35. The maximum atomic E-state index is 13.6. The van der Waals surface area contributed by atoms with E-state index in [2.05, 4.69) is 10.3 Å². The Labute approximate surface area is 228 Å². The summed E-state index contributed by atoms with van der Waals surface area (Å²) >= 11 is 5.75. The second kappa shape index (κ2) is 11.1. The van der Waals surface area contributed by atoms with Gasteiger partial charge in [0.15, 0.2) is 0 Å². The smallest absolute Gasteiger partial charge is 0.350 e. The summed E-state index contributed by atoms with van der Waals surface area (Å²) < 4.78 is 70.3. The number of rotatable bonds is 8. The van der Waals surface area contributed by atoms with E-state index in [-0.39, 0.29) is 17.1 Å². The van der Waals surface area contributed by atoms with Gasteiger partial charge in [0, 0.05) is 18.9 Å². The van der Waals surface area contributed by atoms with Crippen LogP contribution < -0.4 is 9.62 Å². The van der Waals surface area contributed by atoms with Gasteiger partial charge in [-0.15, -0.1) is 0 Å². The van der Waals surface area contributed by atoms with Crippen LogP contribution in [0.5, 0.6) is 0 Å². The molecular weight excluding hydrogens is 553 g/mol. The second-order valence-electron chi connectivity index (χ2n) is 8.74. The predicted octanol–water partition coefficient (Wildman–Crippen LogP) is 5.67. The number of imidazole rings is 1. The van der Waals surface area contributed by atoms with Gasteiger partial charge in [-0.2, -0.15) is 13.2 Å². The molecule has 4 rings (SSSR count). The van der Waals surface area contributed by atoms with Gasteiger partial charge in [-0.25, -0.2) is 13.4 Å². The zero-order chi connectivity index (χ0) is 28.4. The molecule has 3 aromatic carbocycles. The summed E-state index contributed by atoms with van der Waals surface area (Å²) in [5.74, 6) is 0.0127. The van der Waals surface area contributed by atoms with E-state index >= 15 is 0 Å². The molecule has 1 amide bonds. The van der Waals surface area contributed by atoms with Crippen LogP contribution in [0.3, 0.4) is 0 Å². The molecule has 0 aliphatic rings. The average Bonchev–Trinajstić information content (AvgIpc) is 3.31. The van der Waals surface area contributed by atoms with Gasteiger partial charge in [0.25, 0.3) is 10.0 Å². The van der Waals surface area contributed by atoms with Crippen molar-refractivity contribution in [3.05, 3.63) is 107 Å². The molecule has 0 unspecified atom stereocenters. The topological polar surface area (TPSA) is 84.3 Å². The number of carbonyl (C=O) groups excluding carboxylic acids is 1. The van der Waals surface area contributed by atoms with E-state index in [1.165, 1.54) is 12.1 Å². The summed E-state index contributed by atoms with van der Waals surface area (Å²) in [6, 6.07) is 15.8. The minimum absolute atomic E-state index is 0.0411. The molecule has 0 fully saturated rings. The number of sulfonamides is 1. The molecule has 0 bridgehead atoms. The van der Waals surface area contributed by atoms with Crippen molar-refractivity contribution in [2.24, 2.45) is 0 Å². The highest BCUT2D eigenvalue weighted by molar-refractivity contribution is 7.92. The Hall–Kier alpha value is -3.83. The molecule has 7 nitrogen and oxygen atoms in total. The summed E-state index contributed by atoms with van der Waals surface area (Å²) in [6.07, 6.45) is -1.42. The van der Waals surface area contributed by atoms with Crippen LogP contribution in [0.2, 0.25) is 5.02 Å². The SMILES string of the molecule is Cc1ccc(S(=O)(=O)N(CC(=O)NCc2ccccc2-n2ccnc2C)c2ccc(Cl)c(C(F)(F)F)c2)cc1. The minimum atomic E-state index is -4.83. The molecule has 204 valence electrons. The van der Waals surface area contributed by atoms with Gasteiger partial charge in [-0.1, -0.05) is 47.5 Å². The number of hydrogen-bond acceptors (Lipinski definition) is 4. The van der Waals surface area contributed by atoms with Crippen LogP contribution in [0.1, 0.15) is 22.5 Å². The quantitative estimate of drug-likeness (QED) is 0.293. The highest BCUT2D eigenvalue weighted by atomic mass is 35.5. The van der Waals surface area contributed by atoms with Crippen molar-refractivity contribution in [1.29, 1.82) is 0 Å². The normalized spacial score (nSPS) is 11.8. The van der Waals surface area contributed by atoms with Crippen molar-refractivity contribution in [3.63, 3.8) is 0 Å². The van der Waals surface area contributed by atoms with E-state index in [1.807, 2.05) is 23.6 Å². The lowest BCUT2D eigenvalue weighted by atomic mass is 10.1.